The van der Waals surface area contributed by atoms with Gasteiger partial charge in [0.1, 0.15) is 6.07 Å². The Balaban J connectivity index is 2.52. The van der Waals surface area contributed by atoms with Crippen molar-refractivity contribution in [1.82, 2.24) is 9.78 Å². The van der Waals surface area contributed by atoms with Crippen molar-refractivity contribution < 1.29 is 0 Å². The fourth-order valence-electron chi connectivity index (χ4n) is 1.57. The molecule has 2 rings (SSSR count). The van der Waals surface area contributed by atoms with E-state index in [0.29, 0.717) is 22.2 Å². The van der Waals surface area contributed by atoms with E-state index in [9.17, 15) is 0 Å². The minimum atomic E-state index is 0.362. The first-order valence-electron chi connectivity index (χ1n) is 5.37. The number of rotatable bonds is 2. The average molecular weight is 246 g/mol. The molecule has 0 N–H and O–H groups in total. The SMILES string of the molecule is CC(C)c1ccn(-c2cc(Cl)ccc2C#N)n1. The zero-order valence-corrected chi connectivity index (χ0v) is 10.4. The molecule has 0 unspecified atom stereocenters. The number of hydrogen-bond acceptors (Lipinski definition) is 2. The van der Waals surface area contributed by atoms with Gasteiger partial charge in [0.15, 0.2) is 0 Å². The first kappa shape index (κ1) is 11.7. The number of aromatic nitrogens is 2. The van der Waals surface area contributed by atoms with Crippen molar-refractivity contribution in [3.8, 4) is 11.8 Å². The van der Waals surface area contributed by atoms with E-state index in [1.165, 1.54) is 0 Å². The molecule has 2 aromatic rings. The summed E-state index contributed by atoms with van der Waals surface area (Å²) in [7, 11) is 0. The number of benzene rings is 1. The molecule has 4 heteroatoms. The van der Waals surface area contributed by atoms with Gasteiger partial charge in [-0.25, -0.2) is 4.68 Å². The predicted octanol–water partition coefficient (Wildman–Crippen LogP) is 3.52. The van der Waals surface area contributed by atoms with Crippen LogP contribution in [0.2, 0.25) is 5.02 Å². The normalized spacial score (nSPS) is 10.5. The van der Waals surface area contributed by atoms with Crippen LogP contribution >= 0.6 is 11.6 Å². The summed E-state index contributed by atoms with van der Waals surface area (Å²) in [6.45, 7) is 4.16. The van der Waals surface area contributed by atoms with Crippen LogP contribution in [0.3, 0.4) is 0 Å². The van der Waals surface area contributed by atoms with Crippen LogP contribution in [0.4, 0.5) is 0 Å². The van der Waals surface area contributed by atoms with E-state index in [4.69, 9.17) is 16.9 Å². The largest absolute Gasteiger partial charge is 0.239 e. The molecule has 0 fully saturated rings. The van der Waals surface area contributed by atoms with Crippen LogP contribution < -0.4 is 0 Å². The van der Waals surface area contributed by atoms with E-state index < -0.39 is 0 Å². The average Bonchev–Trinajstić information content (AvgIpc) is 2.78. The minimum absolute atomic E-state index is 0.362. The highest BCUT2D eigenvalue weighted by Gasteiger charge is 2.08. The van der Waals surface area contributed by atoms with Crippen LogP contribution in [-0.4, -0.2) is 9.78 Å². The standard InChI is InChI=1S/C13H12ClN3/c1-9(2)12-5-6-17(16-12)13-7-11(14)4-3-10(13)8-15/h3-7,9H,1-2H3. The highest BCUT2D eigenvalue weighted by Crippen LogP contribution is 2.20. The summed E-state index contributed by atoms with van der Waals surface area (Å²) < 4.78 is 1.69. The molecule has 1 aromatic carbocycles. The minimum Gasteiger partial charge on any atom is -0.239 e. The van der Waals surface area contributed by atoms with Gasteiger partial charge < -0.3 is 0 Å². The van der Waals surface area contributed by atoms with Crippen molar-refractivity contribution in [1.29, 1.82) is 5.26 Å². The lowest BCUT2D eigenvalue weighted by atomic mass is 10.1. The second kappa shape index (κ2) is 4.60. The van der Waals surface area contributed by atoms with Crippen LogP contribution in [-0.2, 0) is 0 Å². The topological polar surface area (TPSA) is 41.6 Å². The van der Waals surface area contributed by atoms with E-state index in [1.807, 2.05) is 12.3 Å². The van der Waals surface area contributed by atoms with E-state index in [-0.39, 0.29) is 0 Å². The fourth-order valence-corrected chi connectivity index (χ4v) is 1.74. The third-order valence-corrected chi connectivity index (χ3v) is 2.76. The summed E-state index contributed by atoms with van der Waals surface area (Å²) in [5.74, 6) is 0.362. The molecule has 0 atom stereocenters. The Morgan fingerprint density at radius 1 is 1.35 bits per heavy atom. The summed E-state index contributed by atoms with van der Waals surface area (Å²) in [6.07, 6.45) is 1.85. The van der Waals surface area contributed by atoms with Crippen LogP contribution in [0.1, 0.15) is 31.0 Å². The molecule has 0 saturated heterocycles. The predicted molar refractivity (Wildman–Crippen MR) is 67.4 cm³/mol. The van der Waals surface area contributed by atoms with Crippen molar-refractivity contribution in [3.63, 3.8) is 0 Å². The Kier molecular flexibility index (Phi) is 3.16. The molecule has 3 nitrogen and oxygen atoms in total. The summed E-state index contributed by atoms with van der Waals surface area (Å²) in [4.78, 5) is 0. The van der Waals surface area contributed by atoms with E-state index in [0.717, 1.165) is 5.69 Å². The Morgan fingerprint density at radius 2 is 2.12 bits per heavy atom. The maximum Gasteiger partial charge on any atom is 0.101 e. The molecule has 17 heavy (non-hydrogen) atoms. The molecule has 1 aromatic heterocycles. The van der Waals surface area contributed by atoms with Crippen molar-refractivity contribution in [2.24, 2.45) is 0 Å². The molecule has 0 amide bonds. The molecule has 0 aliphatic carbocycles. The second-order valence-corrected chi connectivity index (χ2v) is 4.55. The van der Waals surface area contributed by atoms with Crippen LogP contribution in [0.5, 0.6) is 0 Å². The smallest absolute Gasteiger partial charge is 0.101 e. The van der Waals surface area contributed by atoms with Crippen molar-refractivity contribution >= 4 is 11.6 Å². The Bertz CT molecular complexity index is 579. The molecule has 0 aliphatic rings. The number of hydrogen-bond donors (Lipinski definition) is 0. The van der Waals surface area contributed by atoms with Gasteiger partial charge >= 0.3 is 0 Å². The van der Waals surface area contributed by atoms with E-state index in [1.54, 1.807) is 22.9 Å². The highest BCUT2D eigenvalue weighted by atomic mass is 35.5. The van der Waals surface area contributed by atoms with Gasteiger partial charge in [-0.1, -0.05) is 25.4 Å². The molecular weight excluding hydrogens is 234 g/mol. The van der Waals surface area contributed by atoms with Gasteiger partial charge in [-0.15, -0.1) is 0 Å². The Labute approximate surface area is 105 Å². The van der Waals surface area contributed by atoms with E-state index in [2.05, 4.69) is 25.0 Å². The zero-order chi connectivity index (χ0) is 12.4. The number of nitriles is 1. The lowest BCUT2D eigenvalue weighted by Crippen LogP contribution is -2.00. The summed E-state index contributed by atoms with van der Waals surface area (Å²) in [5, 5.41) is 14.1. The van der Waals surface area contributed by atoms with Gasteiger partial charge in [-0.2, -0.15) is 10.4 Å². The van der Waals surface area contributed by atoms with Crippen molar-refractivity contribution in [2.45, 2.75) is 19.8 Å². The summed E-state index contributed by atoms with van der Waals surface area (Å²) in [6, 6.07) is 9.25. The monoisotopic (exact) mass is 245 g/mol. The summed E-state index contributed by atoms with van der Waals surface area (Å²) in [5.41, 5.74) is 2.27. The first-order valence-corrected chi connectivity index (χ1v) is 5.75. The second-order valence-electron chi connectivity index (χ2n) is 4.11. The first-order chi connectivity index (χ1) is 8.11. The van der Waals surface area contributed by atoms with Gasteiger partial charge in [-0.3, -0.25) is 0 Å². The van der Waals surface area contributed by atoms with Crippen LogP contribution in [0.15, 0.2) is 30.5 Å². The quantitative estimate of drug-likeness (QED) is 0.812. The molecule has 0 radical (unpaired) electrons. The van der Waals surface area contributed by atoms with Crippen LogP contribution in [0.25, 0.3) is 5.69 Å². The molecule has 0 bridgehead atoms. The molecule has 1 heterocycles. The van der Waals surface area contributed by atoms with Crippen molar-refractivity contribution in [3.05, 3.63) is 46.7 Å². The van der Waals surface area contributed by atoms with Gasteiger partial charge in [0.25, 0.3) is 0 Å². The highest BCUT2D eigenvalue weighted by molar-refractivity contribution is 6.30. The van der Waals surface area contributed by atoms with Crippen molar-refractivity contribution in [2.75, 3.05) is 0 Å². The molecule has 0 aliphatic heterocycles. The Morgan fingerprint density at radius 3 is 2.71 bits per heavy atom. The lowest BCUT2D eigenvalue weighted by molar-refractivity contribution is 0.767. The van der Waals surface area contributed by atoms with Gasteiger partial charge in [0.05, 0.1) is 16.9 Å². The van der Waals surface area contributed by atoms with Crippen LogP contribution in [0, 0.1) is 11.3 Å². The zero-order valence-electron chi connectivity index (χ0n) is 9.68. The molecule has 86 valence electrons. The maximum atomic E-state index is 9.05. The number of halogens is 1. The van der Waals surface area contributed by atoms with E-state index >= 15 is 0 Å². The Hall–Kier alpha value is -1.79. The molecular formula is C13H12ClN3. The molecule has 0 spiro atoms. The maximum absolute atomic E-state index is 9.05. The number of nitrogens with zero attached hydrogens (tertiary/aromatic N) is 3. The van der Waals surface area contributed by atoms with Gasteiger partial charge in [0, 0.05) is 11.2 Å². The third-order valence-electron chi connectivity index (χ3n) is 2.53. The van der Waals surface area contributed by atoms with Gasteiger partial charge in [-0.05, 0) is 30.2 Å². The lowest BCUT2D eigenvalue weighted by Gasteiger charge is -2.05. The van der Waals surface area contributed by atoms with Gasteiger partial charge in [0.2, 0.25) is 0 Å². The summed E-state index contributed by atoms with van der Waals surface area (Å²) >= 11 is 5.94. The molecule has 0 saturated carbocycles. The fraction of sp³-hybridized carbons (Fsp3) is 0.231. The third kappa shape index (κ3) is 2.32.